The number of esters is 1. The van der Waals surface area contributed by atoms with Crippen LogP contribution >= 0.6 is 0 Å². The van der Waals surface area contributed by atoms with Gasteiger partial charge in [-0.2, -0.15) is 18.4 Å². The van der Waals surface area contributed by atoms with E-state index < -0.39 is 24.6 Å². The number of aromatic nitrogens is 1. The topological polar surface area (TPSA) is 86.2 Å². The number of H-pyrrole nitrogens is 1. The van der Waals surface area contributed by atoms with E-state index in [9.17, 15) is 22.8 Å². The number of hydrogen-bond acceptors (Lipinski definition) is 4. The Kier molecular flexibility index (Phi) is 6.69. The highest BCUT2D eigenvalue weighted by Gasteiger charge is 2.35. The van der Waals surface area contributed by atoms with E-state index in [-0.39, 0.29) is 30.0 Å². The van der Waals surface area contributed by atoms with E-state index in [1.165, 1.54) is 31.2 Å². The minimum absolute atomic E-state index is 0.0940. The standard InChI is InChI=1S/C20H20F3N3O3/c1-4-29-19(28)16-12(2)17(25-13(16)3)18(27)26(11-20(21,22)23)10-15-7-5-14(9-24)6-8-15/h5-8,25H,4,10-11H2,1-3H3. The Balaban J connectivity index is 2.38. The number of halogens is 3. The second kappa shape index (κ2) is 8.82. The number of benzene rings is 1. The number of amides is 1. The van der Waals surface area contributed by atoms with Crippen molar-refractivity contribution in [2.45, 2.75) is 33.5 Å². The molecule has 0 bridgehead atoms. The molecule has 0 aliphatic carbocycles. The van der Waals surface area contributed by atoms with Gasteiger partial charge in [-0.05, 0) is 44.0 Å². The minimum Gasteiger partial charge on any atom is -0.462 e. The van der Waals surface area contributed by atoms with Crippen molar-refractivity contribution in [3.8, 4) is 6.07 Å². The molecule has 0 aliphatic rings. The van der Waals surface area contributed by atoms with Crippen LogP contribution in [0.4, 0.5) is 13.2 Å². The summed E-state index contributed by atoms with van der Waals surface area (Å²) in [5.74, 6) is -1.53. The van der Waals surface area contributed by atoms with Crippen LogP contribution in [-0.4, -0.2) is 41.1 Å². The number of aryl methyl sites for hydroxylation is 1. The van der Waals surface area contributed by atoms with Crippen LogP contribution < -0.4 is 0 Å². The van der Waals surface area contributed by atoms with Gasteiger partial charge >= 0.3 is 12.1 Å². The van der Waals surface area contributed by atoms with E-state index >= 15 is 0 Å². The van der Waals surface area contributed by atoms with Crippen LogP contribution in [0.5, 0.6) is 0 Å². The minimum atomic E-state index is -4.61. The van der Waals surface area contributed by atoms with Crippen LogP contribution in [0.3, 0.4) is 0 Å². The summed E-state index contributed by atoms with van der Waals surface area (Å²) in [6, 6.07) is 7.84. The highest BCUT2D eigenvalue weighted by atomic mass is 19.4. The van der Waals surface area contributed by atoms with Crippen molar-refractivity contribution < 1.29 is 27.5 Å². The van der Waals surface area contributed by atoms with E-state index in [1.807, 2.05) is 6.07 Å². The van der Waals surface area contributed by atoms with E-state index in [1.54, 1.807) is 13.8 Å². The van der Waals surface area contributed by atoms with Gasteiger partial charge < -0.3 is 14.6 Å². The molecule has 0 fully saturated rings. The number of ether oxygens (including phenoxy) is 1. The Morgan fingerprint density at radius 2 is 1.83 bits per heavy atom. The summed E-state index contributed by atoms with van der Waals surface area (Å²) < 4.78 is 44.2. The molecule has 0 atom stereocenters. The fourth-order valence-corrected chi connectivity index (χ4v) is 2.95. The molecular weight excluding hydrogens is 387 g/mol. The predicted molar refractivity (Wildman–Crippen MR) is 98.2 cm³/mol. The first-order valence-corrected chi connectivity index (χ1v) is 8.78. The lowest BCUT2D eigenvalue weighted by atomic mass is 10.1. The molecule has 29 heavy (non-hydrogen) atoms. The van der Waals surface area contributed by atoms with E-state index in [2.05, 4.69) is 4.98 Å². The molecule has 1 heterocycles. The van der Waals surface area contributed by atoms with E-state index in [0.717, 1.165) is 0 Å². The molecule has 0 radical (unpaired) electrons. The van der Waals surface area contributed by atoms with Gasteiger partial charge in [-0.1, -0.05) is 12.1 Å². The monoisotopic (exact) mass is 407 g/mol. The third-order valence-corrected chi connectivity index (χ3v) is 4.24. The smallest absolute Gasteiger partial charge is 0.406 e. The second-order valence-electron chi connectivity index (χ2n) is 6.43. The van der Waals surface area contributed by atoms with Crippen LogP contribution in [0, 0.1) is 25.2 Å². The summed E-state index contributed by atoms with van der Waals surface area (Å²) in [4.78, 5) is 28.4. The number of nitrogens with one attached hydrogen (secondary N) is 1. The third kappa shape index (κ3) is 5.38. The number of nitriles is 1. The van der Waals surface area contributed by atoms with Crippen LogP contribution in [0.15, 0.2) is 24.3 Å². The molecule has 0 unspecified atom stereocenters. The van der Waals surface area contributed by atoms with Crippen molar-refractivity contribution in [2.75, 3.05) is 13.2 Å². The summed E-state index contributed by atoms with van der Waals surface area (Å²) in [6.07, 6.45) is -4.61. The molecule has 0 aliphatic heterocycles. The average molecular weight is 407 g/mol. The number of rotatable bonds is 6. The first-order valence-electron chi connectivity index (χ1n) is 8.78. The lowest BCUT2D eigenvalue weighted by Crippen LogP contribution is -2.39. The molecule has 2 aromatic rings. The van der Waals surface area contributed by atoms with Crippen LogP contribution in [0.2, 0.25) is 0 Å². The number of nitrogens with zero attached hydrogens (tertiary/aromatic N) is 2. The Morgan fingerprint density at radius 1 is 1.21 bits per heavy atom. The van der Waals surface area contributed by atoms with Gasteiger partial charge in [0.15, 0.2) is 0 Å². The quantitative estimate of drug-likeness (QED) is 0.737. The molecule has 6 nitrogen and oxygen atoms in total. The second-order valence-corrected chi connectivity index (χ2v) is 6.43. The number of carbonyl (C=O) groups excluding carboxylic acids is 2. The highest BCUT2D eigenvalue weighted by molar-refractivity contribution is 6.00. The number of aromatic amines is 1. The molecule has 1 amide bonds. The summed E-state index contributed by atoms with van der Waals surface area (Å²) in [7, 11) is 0. The molecule has 154 valence electrons. The summed E-state index contributed by atoms with van der Waals surface area (Å²) in [5, 5.41) is 8.84. The molecule has 2 rings (SSSR count). The maximum absolute atomic E-state index is 13.1. The van der Waals surface area contributed by atoms with Crippen molar-refractivity contribution in [1.82, 2.24) is 9.88 Å². The summed E-state index contributed by atoms with van der Waals surface area (Å²) >= 11 is 0. The zero-order valence-corrected chi connectivity index (χ0v) is 16.2. The lowest BCUT2D eigenvalue weighted by Gasteiger charge is -2.24. The molecule has 1 aromatic heterocycles. The van der Waals surface area contributed by atoms with Crippen molar-refractivity contribution in [3.63, 3.8) is 0 Å². The van der Waals surface area contributed by atoms with Gasteiger partial charge in [0.1, 0.15) is 12.2 Å². The zero-order chi connectivity index (χ0) is 21.8. The van der Waals surface area contributed by atoms with Crippen LogP contribution in [0.1, 0.15) is 50.2 Å². The van der Waals surface area contributed by atoms with Gasteiger partial charge in [0, 0.05) is 12.2 Å². The van der Waals surface area contributed by atoms with Gasteiger partial charge in [0.2, 0.25) is 0 Å². The fourth-order valence-electron chi connectivity index (χ4n) is 2.95. The van der Waals surface area contributed by atoms with Gasteiger partial charge in [0.05, 0.1) is 23.8 Å². The van der Waals surface area contributed by atoms with Gasteiger partial charge in [-0.15, -0.1) is 0 Å². The molecule has 9 heteroatoms. The average Bonchev–Trinajstić information content (AvgIpc) is 2.94. The summed E-state index contributed by atoms with van der Waals surface area (Å²) in [6.45, 7) is 3.02. The maximum atomic E-state index is 13.1. The van der Waals surface area contributed by atoms with Crippen molar-refractivity contribution in [2.24, 2.45) is 0 Å². The van der Waals surface area contributed by atoms with Gasteiger partial charge in [0.25, 0.3) is 5.91 Å². The molecule has 1 aromatic carbocycles. The highest BCUT2D eigenvalue weighted by Crippen LogP contribution is 2.24. The number of carbonyl (C=O) groups is 2. The third-order valence-electron chi connectivity index (χ3n) is 4.24. The largest absolute Gasteiger partial charge is 0.462 e. The lowest BCUT2D eigenvalue weighted by molar-refractivity contribution is -0.141. The van der Waals surface area contributed by atoms with Crippen LogP contribution in [-0.2, 0) is 11.3 Å². The van der Waals surface area contributed by atoms with Crippen LogP contribution in [0.25, 0.3) is 0 Å². The summed E-state index contributed by atoms with van der Waals surface area (Å²) in [5.41, 5.74) is 1.42. The Morgan fingerprint density at radius 3 is 2.34 bits per heavy atom. The molecule has 0 spiro atoms. The van der Waals surface area contributed by atoms with E-state index in [0.29, 0.717) is 21.7 Å². The predicted octanol–water partition coefficient (Wildman–Crippen LogP) is 3.88. The fraction of sp³-hybridized carbons (Fsp3) is 0.350. The number of alkyl halides is 3. The normalized spacial score (nSPS) is 11.1. The number of hydrogen-bond donors (Lipinski definition) is 1. The first-order chi connectivity index (χ1) is 13.6. The zero-order valence-electron chi connectivity index (χ0n) is 16.2. The van der Waals surface area contributed by atoms with Crippen molar-refractivity contribution in [3.05, 3.63) is 57.9 Å². The first kappa shape index (κ1) is 22.0. The molecule has 1 N–H and O–H groups in total. The molecular formula is C20H20F3N3O3. The SMILES string of the molecule is CCOC(=O)c1c(C)[nH]c(C(=O)N(Cc2ccc(C#N)cc2)CC(F)(F)F)c1C. The van der Waals surface area contributed by atoms with Crippen molar-refractivity contribution >= 4 is 11.9 Å². The molecule has 0 saturated heterocycles. The Bertz CT molecular complexity index is 941. The molecule has 0 saturated carbocycles. The van der Waals surface area contributed by atoms with Crippen molar-refractivity contribution in [1.29, 1.82) is 5.26 Å². The maximum Gasteiger partial charge on any atom is 0.406 e. The Labute approximate surface area is 165 Å². The van der Waals surface area contributed by atoms with E-state index in [4.69, 9.17) is 10.00 Å². The van der Waals surface area contributed by atoms with Gasteiger partial charge in [-0.3, -0.25) is 4.79 Å². The van der Waals surface area contributed by atoms with Gasteiger partial charge in [-0.25, -0.2) is 4.79 Å². The Hall–Kier alpha value is -3.28.